The van der Waals surface area contributed by atoms with Gasteiger partial charge in [0.15, 0.2) is 5.79 Å². The third-order valence-electron chi connectivity index (χ3n) is 9.06. The Morgan fingerprint density at radius 2 is 1.56 bits per heavy atom. The minimum absolute atomic E-state index is 0.0563. The van der Waals surface area contributed by atoms with Gasteiger partial charge in [-0.25, -0.2) is 19.6 Å². The van der Waals surface area contributed by atoms with Crippen LogP contribution in [0, 0.1) is 5.92 Å². The van der Waals surface area contributed by atoms with E-state index in [4.69, 9.17) is 30.5 Å². The Hall–Kier alpha value is -3.41. The van der Waals surface area contributed by atoms with Gasteiger partial charge in [-0.2, -0.15) is 0 Å². The number of carbonyl (C=O) groups excluding carboxylic acids is 2. The summed E-state index contributed by atoms with van der Waals surface area (Å²) in [5, 5.41) is 1.29. The van der Waals surface area contributed by atoms with E-state index in [2.05, 4.69) is 39.8 Å². The number of aryl methyl sites for hydroxylation is 1. The first kappa shape index (κ1) is 37.8. The molecule has 0 bridgehead atoms. The lowest BCUT2D eigenvalue weighted by atomic mass is 10.0. The summed E-state index contributed by atoms with van der Waals surface area (Å²) < 4.78 is 26.9. The Labute approximate surface area is 301 Å². The van der Waals surface area contributed by atoms with Crippen molar-refractivity contribution < 1.29 is 28.5 Å². The number of aromatic nitrogens is 3. The van der Waals surface area contributed by atoms with E-state index in [-0.39, 0.29) is 30.3 Å². The molecule has 12 heteroatoms. The molecule has 1 saturated heterocycles. The van der Waals surface area contributed by atoms with Crippen LogP contribution in [0.1, 0.15) is 92.3 Å². The first-order valence-corrected chi connectivity index (χ1v) is 18.2. The average Bonchev–Trinajstić information content (AvgIpc) is 3.65. The summed E-state index contributed by atoms with van der Waals surface area (Å²) in [5.41, 5.74) is 1.67. The molecule has 1 saturated carbocycles. The third kappa shape index (κ3) is 9.27. The molecule has 2 aliphatic rings. The van der Waals surface area contributed by atoms with Crippen molar-refractivity contribution in [3.05, 3.63) is 59.1 Å². The first-order valence-electron chi connectivity index (χ1n) is 17.8. The lowest BCUT2D eigenvalue weighted by molar-refractivity contribution is -0.160. The van der Waals surface area contributed by atoms with E-state index in [1.54, 1.807) is 9.80 Å². The largest absolute Gasteiger partial charge is 0.444 e. The van der Waals surface area contributed by atoms with Gasteiger partial charge in [-0.1, -0.05) is 48.9 Å². The quantitative estimate of drug-likeness (QED) is 0.185. The van der Waals surface area contributed by atoms with Crippen LogP contribution in [-0.2, 0) is 31.8 Å². The Bertz CT molecular complexity index is 1630. The maximum atomic E-state index is 13.8. The Morgan fingerprint density at radius 1 is 0.940 bits per heavy atom. The molecule has 11 nitrogen and oxygen atoms in total. The van der Waals surface area contributed by atoms with E-state index in [0.717, 1.165) is 28.6 Å². The summed E-state index contributed by atoms with van der Waals surface area (Å²) in [5.74, 6) is -0.849. The summed E-state index contributed by atoms with van der Waals surface area (Å²) >= 11 is 6.56. The molecule has 3 heterocycles. The molecule has 1 aliphatic carbocycles. The van der Waals surface area contributed by atoms with Gasteiger partial charge in [-0.05, 0) is 92.2 Å². The van der Waals surface area contributed by atoms with Gasteiger partial charge in [0.25, 0.3) is 0 Å². The van der Waals surface area contributed by atoms with E-state index < -0.39 is 23.1 Å². The van der Waals surface area contributed by atoms with Crippen molar-refractivity contribution in [2.45, 2.75) is 123 Å². The summed E-state index contributed by atoms with van der Waals surface area (Å²) in [6, 6.07) is 9.98. The highest BCUT2D eigenvalue weighted by molar-refractivity contribution is 6.34. The summed E-state index contributed by atoms with van der Waals surface area (Å²) in [6.07, 6.45) is 5.02. The molecule has 2 amide bonds. The van der Waals surface area contributed by atoms with Crippen molar-refractivity contribution in [3.8, 4) is 0 Å². The number of rotatable bonds is 11. The van der Waals surface area contributed by atoms with Gasteiger partial charge in [-0.3, -0.25) is 0 Å². The van der Waals surface area contributed by atoms with Gasteiger partial charge in [0.05, 0.1) is 17.5 Å². The maximum absolute atomic E-state index is 13.8. The fourth-order valence-corrected chi connectivity index (χ4v) is 7.25. The SMILES string of the molecule is CCc1cn([C@@H]2C[C@H](CN(CCCN(CCc3ccccc3)C(=O)OC(C)(C)C)C(=O)OC(C)(C)C)[C@H]3OC(C)(C)O[C@H]32)c2ncnc(Cl)c12. The zero-order valence-electron chi connectivity index (χ0n) is 31.1. The fourth-order valence-electron chi connectivity index (χ4n) is 7.00. The predicted octanol–water partition coefficient (Wildman–Crippen LogP) is 7.84. The number of carbonyl (C=O) groups is 2. The van der Waals surface area contributed by atoms with Crippen molar-refractivity contribution in [1.82, 2.24) is 24.3 Å². The molecule has 3 aromatic rings. The minimum Gasteiger partial charge on any atom is -0.444 e. The van der Waals surface area contributed by atoms with E-state index in [0.29, 0.717) is 50.6 Å². The van der Waals surface area contributed by atoms with Crippen LogP contribution < -0.4 is 0 Å². The van der Waals surface area contributed by atoms with E-state index in [9.17, 15) is 9.59 Å². The van der Waals surface area contributed by atoms with Crippen molar-refractivity contribution in [3.63, 3.8) is 0 Å². The highest BCUT2D eigenvalue weighted by atomic mass is 35.5. The lowest BCUT2D eigenvalue weighted by Gasteiger charge is -2.32. The number of hydrogen-bond acceptors (Lipinski definition) is 8. The second-order valence-corrected chi connectivity index (χ2v) is 16.2. The molecule has 0 spiro atoms. The van der Waals surface area contributed by atoms with Gasteiger partial charge < -0.3 is 33.3 Å². The van der Waals surface area contributed by atoms with Gasteiger partial charge in [0.2, 0.25) is 0 Å². The topological polar surface area (TPSA) is 108 Å². The average molecular weight is 712 g/mol. The van der Waals surface area contributed by atoms with Gasteiger partial charge in [0, 0.05) is 38.3 Å². The highest BCUT2D eigenvalue weighted by Crippen LogP contribution is 2.48. The van der Waals surface area contributed by atoms with Gasteiger partial charge in [0.1, 0.15) is 34.4 Å². The van der Waals surface area contributed by atoms with Crippen molar-refractivity contribution in [2.24, 2.45) is 5.92 Å². The molecule has 5 rings (SSSR count). The smallest absolute Gasteiger partial charge is 0.410 e. The van der Waals surface area contributed by atoms with Crippen LogP contribution in [0.15, 0.2) is 42.9 Å². The maximum Gasteiger partial charge on any atom is 0.410 e. The Morgan fingerprint density at radius 3 is 2.20 bits per heavy atom. The number of halogens is 1. The van der Waals surface area contributed by atoms with Crippen LogP contribution in [0.4, 0.5) is 9.59 Å². The van der Waals surface area contributed by atoms with Crippen molar-refractivity contribution in [1.29, 1.82) is 0 Å². The van der Waals surface area contributed by atoms with Crippen molar-refractivity contribution in [2.75, 3.05) is 26.2 Å². The molecular weight excluding hydrogens is 658 g/mol. The molecule has 2 aromatic heterocycles. The molecule has 4 atom stereocenters. The monoisotopic (exact) mass is 711 g/mol. The van der Waals surface area contributed by atoms with E-state index in [1.165, 1.54) is 6.33 Å². The number of hydrogen-bond donors (Lipinski definition) is 0. The number of benzene rings is 1. The summed E-state index contributed by atoms with van der Waals surface area (Å²) in [6.45, 7) is 18.8. The molecule has 1 aliphatic heterocycles. The molecule has 1 aromatic carbocycles. The molecule has 0 radical (unpaired) electrons. The molecule has 50 heavy (non-hydrogen) atoms. The zero-order chi connectivity index (χ0) is 36.4. The molecular formula is C38H54ClN5O6. The van der Waals surface area contributed by atoms with E-state index in [1.807, 2.05) is 73.6 Å². The van der Waals surface area contributed by atoms with Gasteiger partial charge >= 0.3 is 12.2 Å². The normalized spacial score (nSPS) is 21.6. The summed E-state index contributed by atoms with van der Waals surface area (Å²) in [7, 11) is 0. The fraction of sp³-hybridized carbons (Fsp3) is 0.632. The Kier molecular flexibility index (Phi) is 11.4. The van der Waals surface area contributed by atoms with Crippen LogP contribution >= 0.6 is 11.6 Å². The number of amides is 2. The zero-order valence-corrected chi connectivity index (χ0v) is 31.8. The Balaban J connectivity index is 1.36. The second-order valence-electron chi connectivity index (χ2n) is 15.9. The van der Waals surface area contributed by atoms with Crippen LogP contribution in [-0.4, -0.2) is 91.9 Å². The van der Waals surface area contributed by atoms with Crippen LogP contribution in [0.25, 0.3) is 11.0 Å². The second kappa shape index (κ2) is 15.1. The van der Waals surface area contributed by atoms with Crippen LogP contribution in [0.5, 0.6) is 0 Å². The number of ether oxygens (including phenoxy) is 4. The van der Waals surface area contributed by atoms with Crippen LogP contribution in [0.3, 0.4) is 0 Å². The highest BCUT2D eigenvalue weighted by Gasteiger charge is 2.55. The standard InChI is InChI=1S/C38H54ClN5O6/c1-10-26-23-44(33-29(26)32(39)40-24-41-33)28-21-27(30-31(28)48-38(8,9)47-30)22-43(35(46)50-37(5,6)7)19-14-18-42(34(45)49-36(2,3)4)20-17-25-15-12-11-13-16-25/h11-13,15-16,23-24,27-28,30-31H,10,14,17-22H2,1-9H3/t27-,28-,30-,31+/m1/s1. The lowest BCUT2D eigenvalue weighted by Crippen LogP contribution is -2.44. The molecule has 0 unspecified atom stereocenters. The van der Waals surface area contributed by atoms with E-state index >= 15 is 0 Å². The molecule has 274 valence electrons. The van der Waals surface area contributed by atoms with Crippen LogP contribution in [0.2, 0.25) is 5.15 Å². The predicted molar refractivity (Wildman–Crippen MR) is 193 cm³/mol. The molecule has 0 N–H and O–H groups in total. The number of fused-ring (bicyclic) bond motifs is 2. The van der Waals surface area contributed by atoms with Crippen molar-refractivity contribution >= 4 is 34.8 Å². The summed E-state index contributed by atoms with van der Waals surface area (Å²) in [4.78, 5) is 39.4. The first-order chi connectivity index (χ1) is 23.4. The minimum atomic E-state index is -0.793. The number of nitrogens with zero attached hydrogens (tertiary/aromatic N) is 5. The molecule has 2 fully saturated rings. The van der Waals surface area contributed by atoms with Gasteiger partial charge in [-0.15, -0.1) is 0 Å². The third-order valence-corrected chi connectivity index (χ3v) is 9.35.